The molecule has 0 aromatic heterocycles. The molecule has 1 N–H and O–H groups in total. The van der Waals surface area contributed by atoms with Crippen LogP contribution in [0.15, 0.2) is 24.3 Å². The fourth-order valence-corrected chi connectivity index (χ4v) is 2.92. The minimum Gasteiger partial charge on any atom is -0.435 e. The smallest absolute Gasteiger partial charge is 0.387 e. The molecule has 0 atom stereocenters. The van der Waals surface area contributed by atoms with E-state index >= 15 is 0 Å². The van der Waals surface area contributed by atoms with Crippen molar-refractivity contribution < 1.29 is 27.8 Å². The minimum atomic E-state index is -2.86. The van der Waals surface area contributed by atoms with E-state index in [1.165, 1.54) is 23.9 Å². The van der Waals surface area contributed by atoms with Crippen LogP contribution in [0.25, 0.3) is 0 Å². The van der Waals surface area contributed by atoms with Gasteiger partial charge in [0.05, 0.1) is 24.7 Å². The van der Waals surface area contributed by atoms with Crippen molar-refractivity contribution in [1.29, 1.82) is 0 Å². The predicted molar refractivity (Wildman–Crippen MR) is 89.6 cm³/mol. The van der Waals surface area contributed by atoms with Gasteiger partial charge in [-0.1, -0.05) is 12.1 Å². The molecule has 2 amide bonds. The topological polar surface area (TPSA) is 67.9 Å². The van der Waals surface area contributed by atoms with Gasteiger partial charge >= 0.3 is 6.61 Å². The van der Waals surface area contributed by atoms with Gasteiger partial charge in [-0.15, -0.1) is 11.8 Å². The van der Waals surface area contributed by atoms with E-state index in [0.717, 1.165) is 5.56 Å². The Morgan fingerprint density at radius 3 is 2.52 bits per heavy atom. The van der Waals surface area contributed by atoms with Gasteiger partial charge < -0.3 is 19.7 Å². The Morgan fingerprint density at radius 1 is 1.20 bits per heavy atom. The lowest BCUT2D eigenvalue weighted by atomic mass is 10.2. The zero-order chi connectivity index (χ0) is 18.1. The zero-order valence-electron chi connectivity index (χ0n) is 13.6. The van der Waals surface area contributed by atoms with Crippen LogP contribution < -0.4 is 10.1 Å². The van der Waals surface area contributed by atoms with Crippen molar-refractivity contribution in [3.63, 3.8) is 0 Å². The quantitative estimate of drug-likeness (QED) is 0.747. The van der Waals surface area contributed by atoms with Crippen molar-refractivity contribution in [2.24, 2.45) is 0 Å². The fourth-order valence-electron chi connectivity index (χ4n) is 2.18. The van der Waals surface area contributed by atoms with Crippen LogP contribution in [0.3, 0.4) is 0 Å². The summed E-state index contributed by atoms with van der Waals surface area (Å²) in [6.45, 7) is -0.280. The van der Waals surface area contributed by atoms with Crippen molar-refractivity contribution in [3.8, 4) is 5.75 Å². The molecular formula is C16H20F2N2O4S. The molecule has 0 aliphatic carbocycles. The monoisotopic (exact) mass is 374 g/mol. The van der Waals surface area contributed by atoms with E-state index in [1.54, 1.807) is 17.0 Å². The van der Waals surface area contributed by atoms with E-state index in [9.17, 15) is 18.4 Å². The molecule has 1 aliphatic rings. The first-order valence-electron chi connectivity index (χ1n) is 7.78. The summed E-state index contributed by atoms with van der Waals surface area (Å²) in [6, 6.07) is 6.05. The highest BCUT2D eigenvalue weighted by Crippen LogP contribution is 2.14. The van der Waals surface area contributed by atoms with E-state index in [4.69, 9.17) is 4.74 Å². The second-order valence-corrected chi connectivity index (χ2v) is 6.27. The summed E-state index contributed by atoms with van der Waals surface area (Å²) >= 11 is 1.26. The Balaban J connectivity index is 1.62. The molecule has 1 heterocycles. The highest BCUT2D eigenvalue weighted by atomic mass is 32.2. The van der Waals surface area contributed by atoms with Crippen LogP contribution in [0.4, 0.5) is 8.78 Å². The molecule has 1 aliphatic heterocycles. The molecule has 1 fully saturated rings. The molecular weight excluding hydrogens is 354 g/mol. The molecule has 0 saturated carbocycles. The van der Waals surface area contributed by atoms with Crippen LogP contribution in [0, 0.1) is 0 Å². The Labute approximate surface area is 148 Å². The van der Waals surface area contributed by atoms with Gasteiger partial charge in [-0.3, -0.25) is 9.59 Å². The molecule has 0 unspecified atom stereocenters. The summed E-state index contributed by atoms with van der Waals surface area (Å²) < 4.78 is 33.5. The first-order valence-corrected chi connectivity index (χ1v) is 8.94. The maximum absolute atomic E-state index is 12.1. The van der Waals surface area contributed by atoms with Gasteiger partial charge in [-0.05, 0) is 17.7 Å². The van der Waals surface area contributed by atoms with E-state index in [-0.39, 0.29) is 35.6 Å². The van der Waals surface area contributed by atoms with Crippen LogP contribution in [-0.2, 0) is 20.9 Å². The van der Waals surface area contributed by atoms with Gasteiger partial charge in [0.1, 0.15) is 5.75 Å². The lowest BCUT2D eigenvalue weighted by Crippen LogP contribution is -2.41. The zero-order valence-corrected chi connectivity index (χ0v) is 14.4. The number of benzene rings is 1. The Morgan fingerprint density at radius 2 is 1.88 bits per heavy atom. The van der Waals surface area contributed by atoms with Gasteiger partial charge in [-0.2, -0.15) is 8.78 Å². The van der Waals surface area contributed by atoms with Crippen LogP contribution in [-0.4, -0.2) is 61.1 Å². The molecule has 1 aromatic rings. The lowest BCUT2D eigenvalue weighted by molar-refractivity contribution is -0.132. The number of thioether (sulfide) groups is 1. The molecule has 1 saturated heterocycles. The number of halogens is 2. The van der Waals surface area contributed by atoms with Crippen LogP contribution >= 0.6 is 11.8 Å². The average Bonchev–Trinajstić information content (AvgIpc) is 2.61. The van der Waals surface area contributed by atoms with Crippen LogP contribution in [0.2, 0.25) is 0 Å². The van der Waals surface area contributed by atoms with Crippen LogP contribution in [0.5, 0.6) is 5.75 Å². The predicted octanol–water partition coefficient (Wildman–Crippen LogP) is 1.50. The average molecular weight is 374 g/mol. The minimum absolute atomic E-state index is 0.00992. The van der Waals surface area contributed by atoms with Gasteiger partial charge in [-0.25, -0.2) is 0 Å². The molecule has 0 radical (unpaired) electrons. The Bertz CT molecular complexity index is 566. The molecule has 6 nitrogen and oxygen atoms in total. The van der Waals surface area contributed by atoms with Crippen molar-refractivity contribution in [2.75, 3.05) is 37.8 Å². The SMILES string of the molecule is O=C(CSCC(=O)N1CCOCC1)NCc1ccc(OC(F)F)cc1. The van der Waals surface area contributed by atoms with Gasteiger partial charge in [0.15, 0.2) is 0 Å². The summed E-state index contributed by atoms with van der Waals surface area (Å²) in [5.74, 6) is 0.334. The third-order valence-electron chi connectivity index (χ3n) is 3.46. The van der Waals surface area contributed by atoms with Crippen molar-refractivity contribution >= 4 is 23.6 Å². The number of hydrogen-bond donors (Lipinski definition) is 1. The van der Waals surface area contributed by atoms with Crippen molar-refractivity contribution in [2.45, 2.75) is 13.2 Å². The van der Waals surface area contributed by atoms with Gasteiger partial charge in [0.2, 0.25) is 11.8 Å². The van der Waals surface area contributed by atoms with E-state index in [2.05, 4.69) is 10.1 Å². The summed E-state index contributed by atoms with van der Waals surface area (Å²) in [5, 5.41) is 2.72. The third-order valence-corrected chi connectivity index (χ3v) is 4.38. The number of hydrogen-bond acceptors (Lipinski definition) is 5. The number of carbonyl (C=O) groups excluding carboxylic acids is 2. The summed E-state index contributed by atoms with van der Waals surface area (Å²) in [5.41, 5.74) is 0.768. The molecule has 25 heavy (non-hydrogen) atoms. The Kier molecular flexibility index (Phi) is 7.93. The number of nitrogens with zero attached hydrogens (tertiary/aromatic N) is 1. The van der Waals surface area contributed by atoms with Crippen LogP contribution in [0.1, 0.15) is 5.56 Å². The Hall–Kier alpha value is -1.87. The largest absolute Gasteiger partial charge is 0.435 e. The third kappa shape index (κ3) is 7.27. The number of amides is 2. The van der Waals surface area contributed by atoms with Crippen molar-refractivity contribution in [1.82, 2.24) is 10.2 Å². The lowest BCUT2D eigenvalue weighted by Gasteiger charge is -2.26. The standard InChI is InChI=1S/C16H20F2N2O4S/c17-16(18)24-13-3-1-12(2-4-13)9-19-14(21)10-25-11-15(22)20-5-7-23-8-6-20/h1-4,16H,5-11H2,(H,19,21). The molecule has 9 heteroatoms. The molecule has 0 bridgehead atoms. The van der Waals surface area contributed by atoms with E-state index in [1.807, 2.05) is 0 Å². The van der Waals surface area contributed by atoms with Gasteiger partial charge in [0, 0.05) is 19.6 Å². The van der Waals surface area contributed by atoms with Crippen molar-refractivity contribution in [3.05, 3.63) is 29.8 Å². The highest BCUT2D eigenvalue weighted by Gasteiger charge is 2.16. The first-order chi connectivity index (χ1) is 12.0. The van der Waals surface area contributed by atoms with E-state index < -0.39 is 6.61 Å². The fraction of sp³-hybridized carbons (Fsp3) is 0.500. The molecule has 2 rings (SSSR count). The summed E-state index contributed by atoms with van der Waals surface area (Å²) in [7, 11) is 0. The molecule has 0 spiro atoms. The number of nitrogens with one attached hydrogen (secondary N) is 1. The normalized spacial score (nSPS) is 14.4. The maximum atomic E-state index is 12.1. The maximum Gasteiger partial charge on any atom is 0.387 e. The summed E-state index contributed by atoms with van der Waals surface area (Å²) in [4.78, 5) is 25.4. The second kappa shape index (κ2) is 10.2. The second-order valence-electron chi connectivity index (χ2n) is 5.29. The van der Waals surface area contributed by atoms with E-state index in [0.29, 0.717) is 26.3 Å². The van der Waals surface area contributed by atoms with Gasteiger partial charge in [0.25, 0.3) is 0 Å². The summed E-state index contributed by atoms with van der Waals surface area (Å²) in [6.07, 6.45) is 0. The highest BCUT2D eigenvalue weighted by molar-refractivity contribution is 8.00. The number of alkyl halides is 2. The number of carbonyl (C=O) groups is 2. The first kappa shape index (κ1) is 19.5. The number of ether oxygens (including phenoxy) is 2. The number of rotatable bonds is 8. The number of morpholine rings is 1. The molecule has 1 aromatic carbocycles. The molecule has 138 valence electrons.